The van der Waals surface area contributed by atoms with Gasteiger partial charge in [-0.2, -0.15) is 0 Å². The van der Waals surface area contributed by atoms with Gasteiger partial charge in [-0.05, 0) is 13.3 Å². The molecule has 19 heavy (non-hydrogen) atoms. The molecule has 0 aromatic carbocycles. The molecule has 0 spiro atoms. The van der Waals surface area contributed by atoms with Crippen LogP contribution in [0.3, 0.4) is 0 Å². The number of nitrogens with one attached hydrogen (secondary N) is 2. The number of carbonyl (C=O) groups excluding carboxylic acids is 2. The molecule has 1 unspecified atom stereocenters. The molecule has 1 atom stereocenters. The van der Waals surface area contributed by atoms with Gasteiger partial charge in [0, 0.05) is 26.6 Å². The van der Waals surface area contributed by atoms with Crippen LogP contribution in [0.4, 0.5) is 0 Å². The van der Waals surface area contributed by atoms with E-state index >= 15 is 0 Å². The summed E-state index contributed by atoms with van der Waals surface area (Å²) in [6.45, 7) is 5.63. The van der Waals surface area contributed by atoms with Gasteiger partial charge in [-0.1, -0.05) is 13.3 Å². The summed E-state index contributed by atoms with van der Waals surface area (Å²) in [6, 6.07) is -0.322. The Kier molecular flexibility index (Phi) is 11.2. The van der Waals surface area contributed by atoms with Crippen molar-refractivity contribution < 1.29 is 19.1 Å². The summed E-state index contributed by atoms with van der Waals surface area (Å²) in [5, 5.41) is 5.78. The van der Waals surface area contributed by atoms with Gasteiger partial charge in [0.1, 0.15) is 6.04 Å². The van der Waals surface area contributed by atoms with Crippen molar-refractivity contribution in [3.8, 4) is 0 Å². The van der Waals surface area contributed by atoms with E-state index in [0.717, 1.165) is 6.42 Å². The number of rotatable bonds is 11. The first-order valence-electron chi connectivity index (χ1n) is 6.81. The Balaban J connectivity index is 3.85. The second-order valence-electron chi connectivity index (χ2n) is 4.14. The van der Waals surface area contributed by atoms with E-state index in [1.807, 2.05) is 6.92 Å². The number of hydrogen-bond donors (Lipinski definition) is 2. The first kappa shape index (κ1) is 17.9. The molecule has 0 heterocycles. The van der Waals surface area contributed by atoms with Gasteiger partial charge in [0.05, 0.1) is 13.2 Å². The highest BCUT2D eigenvalue weighted by atomic mass is 16.5. The third-order valence-electron chi connectivity index (χ3n) is 2.52. The number of hydrogen-bond acceptors (Lipinski definition) is 5. The highest BCUT2D eigenvalue weighted by Crippen LogP contribution is 1.99. The lowest BCUT2D eigenvalue weighted by atomic mass is 10.1. The predicted molar refractivity (Wildman–Crippen MR) is 72.8 cm³/mol. The van der Waals surface area contributed by atoms with Crippen molar-refractivity contribution >= 4 is 11.9 Å². The summed E-state index contributed by atoms with van der Waals surface area (Å²) >= 11 is 0. The molecule has 0 aromatic heterocycles. The molecule has 0 radical (unpaired) electrons. The van der Waals surface area contributed by atoms with E-state index in [4.69, 9.17) is 9.47 Å². The third-order valence-corrected chi connectivity index (χ3v) is 2.52. The van der Waals surface area contributed by atoms with E-state index in [9.17, 15) is 9.59 Å². The number of esters is 1. The quantitative estimate of drug-likeness (QED) is 0.423. The van der Waals surface area contributed by atoms with Gasteiger partial charge >= 0.3 is 5.97 Å². The van der Waals surface area contributed by atoms with Crippen LogP contribution in [0.1, 0.15) is 33.1 Å². The van der Waals surface area contributed by atoms with Gasteiger partial charge in [0.25, 0.3) is 0 Å². The molecule has 1 amide bonds. The molecular weight excluding hydrogens is 248 g/mol. The highest BCUT2D eigenvalue weighted by molar-refractivity contribution is 5.77. The van der Waals surface area contributed by atoms with Crippen molar-refractivity contribution in [1.82, 2.24) is 10.6 Å². The molecule has 0 fully saturated rings. The fourth-order valence-electron chi connectivity index (χ4n) is 1.58. The minimum atomic E-state index is -0.322. The number of methoxy groups -OCH3 is 1. The Morgan fingerprint density at radius 2 is 1.95 bits per heavy atom. The first-order chi connectivity index (χ1) is 9.15. The summed E-state index contributed by atoms with van der Waals surface area (Å²) in [7, 11) is 1.59. The lowest BCUT2D eigenvalue weighted by molar-refractivity contribution is -0.146. The monoisotopic (exact) mass is 274 g/mol. The predicted octanol–water partition coefficient (Wildman–Crippen LogP) is 0.461. The zero-order valence-electron chi connectivity index (χ0n) is 12.2. The molecule has 0 saturated carbocycles. The van der Waals surface area contributed by atoms with Crippen LogP contribution in [0, 0.1) is 0 Å². The fourth-order valence-corrected chi connectivity index (χ4v) is 1.58. The summed E-state index contributed by atoms with van der Waals surface area (Å²) in [5.74, 6) is -0.298. The lowest BCUT2D eigenvalue weighted by Crippen LogP contribution is -2.40. The molecule has 6 nitrogen and oxygen atoms in total. The zero-order chi connectivity index (χ0) is 14.5. The van der Waals surface area contributed by atoms with Crippen LogP contribution in [0.2, 0.25) is 0 Å². The second kappa shape index (κ2) is 11.9. The number of carbonyl (C=O) groups is 2. The summed E-state index contributed by atoms with van der Waals surface area (Å²) < 4.78 is 9.81. The number of amides is 1. The number of ether oxygens (including phenoxy) is 2. The molecule has 0 aliphatic heterocycles. The molecule has 6 heteroatoms. The van der Waals surface area contributed by atoms with Crippen LogP contribution in [0.5, 0.6) is 0 Å². The Morgan fingerprint density at radius 3 is 2.53 bits per heavy atom. The van der Waals surface area contributed by atoms with Crippen LogP contribution in [0.25, 0.3) is 0 Å². The average molecular weight is 274 g/mol. The Labute approximate surface area is 115 Å². The van der Waals surface area contributed by atoms with E-state index in [1.165, 1.54) is 0 Å². The van der Waals surface area contributed by atoms with Crippen LogP contribution < -0.4 is 10.6 Å². The van der Waals surface area contributed by atoms with Crippen LogP contribution in [-0.2, 0) is 19.1 Å². The standard InChI is InChI=1S/C13H26N2O4/c1-4-6-11(13(17)19-5-2)14-8-7-12(16)15-9-10-18-3/h11,14H,4-10H2,1-3H3,(H,15,16). The molecule has 0 aromatic rings. The smallest absolute Gasteiger partial charge is 0.323 e. The van der Waals surface area contributed by atoms with Gasteiger partial charge < -0.3 is 20.1 Å². The molecule has 0 aliphatic rings. The minimum absolute atomic E-state index is 0.0522. The van der Waals surface area contributed by atoms with Gasteiger partial charge in [0.2, 0.25) is 5.91 Å². The topological polar surface area (TPSA) is 76.7 Å². The van der Waals surface area contributed by atoms with Crippen molar-refractivity contribution in [3.63, 3.8) is 0 Å². The maximum atomic E-state index is 11.6. The van der Waals surface area contributed by atoms with Crippen molar-refractivity contribution in [2.75, 3.05) is 33.4 Å². The molecule has 112 valence electrons. The van der Waals surface area contributed by atoms with Crippen molar-refractivity contribution in [2.24, 2.45) is 0 Å². The molecule has 2 N–H and O–H groups in total. The second-order valence-corrected chi connectivity index (χ2v) is 4.14. The van der Waals surface area contributed by atoms with E-state index in [0.29, 0.717) is 39.1 Å². The Morgan fingerprint density at radius 1 is 1.21 bits per heavy atom. The molecule has 0 aliphatic carbocycles. The molecule has 0 rings (SSSR count). The van der Waals surface area contributed by atoms with Crippen LogP contribution in [0.15, 0.2) is 0 Å². The van der Waals surface area contributed by atoms with Gasteiger partial charge in [0.15, 0.2) is 0 Å². The normalized spacial score (nSPS) is 11.9. The Hall–Kier alpha value is -1.14. The lowest BCUT2D eigenvalue weighted by Gasteiger charge is -2.16. The molecule has 0 bridgehead atoms. The molecule has 0 saturated heterocycles. The van der Waals surface area contributed by atoms with Gasteiger partial charge in [-0.25, -0.2) is 0 Å². The average Bonchev–Trinajstić information content (AvgIpc) is 2.38. The van der Waals surface area contributed by atoms with Crippen molar-refractivity contribution in [3.05, 3.63) is 0 Å². The van der Waals surface area contributed by atoms with E-state index < -0.39 is 0 Å². The summed E-state index contributed by atoms with van der Waals surface area (Å²) in [5.41, 5.74) is 0. The van der Waals surface area contributed by atoms with Gasteiger partial charge in [-0.15, -0.1) is 0 Å². The Bertz CT molecular complexity index is 259. The first-order valence-corrected chi connectivity index (χ1v) is 6.81. The largest absolute Gasteiger partial charge is 0.465 e. The van der Waals surface area contributed by atoms with E-state index in [-0.39, 0.29) is 17.9 Å². The van der Waals surface area contributed by atoms with Crippen LogP contribution in [-0.4, -0.2) is 51.3 Å². The molecular formula is C13H26N2O4. The third kappa shape index (κ3) is 9.44. The van der Waals surface area contributed by atoms with E-state index in [1.54, 1.807) is 14.0 Å². The zero-order valence-corrected chi connectivity index (χ0v) is 12.2. The van der Waals surface area contributed by atoms with Gasteiger partial charge in [-0.3, -0.25) is 9.59 Å². The van der Waals surface area contributed by atoms with Crippen LogP contribution >= 0.6 is 0 Å². The summed E-state index contributed by atoms with van der Waals surface area (Å²) in [4.78, 5) is 23.0. The summed E-state index contributed by atoms with van der Waals surface area (Å²) in [6.07, 6.45) is 1.93. The maximum Gasteiger partial charge on any atom is 0.323 e. The van der Waals surface area contributed by atoms with Crippen molar-refractivity contribution in [2.45, 2.75) is 39.2 Å². The van der Waals surface area contributed by atoms with E-state index in [2.05, 4.69) is 10.6 Å². The maximum absolute atomic E-state index is 11.6. The fraction of sp³-hybridized carbons (Fsp3) is 0.846. The SMILES string of the molecule is CCCC(NCCC(=O)NCCOC)C(=O)OCC. The minimum Gasteiger partial charge on any atom is -0.465 e. The van der Waals surface area contributed by atoms with Crippen molar-refractivity contribution in [1.29, 1.82) is 0 Å². The highest BCUT2D eigenvalue weighted by Gasteiger charge is 2.17.